The van der Waals surface area contributed by atoms with Gasteiger partial charge >= 0.3 is 0 Å². The van der Waals surface area contributed by atoms with Crippen LogP contribution in [0.1, 0.15) is 29.3 Å². The first kappa shape index (κ1) is 12.4. The molecule has 0 radical (unpaired) electrons. The largest absolute Gasteiger partial charge is 0.270 e. The number of amides is 1. The molecule has 1 heterocycles. The molecule has 0 saturated heterocycles. The molecule has 2 rings (SSSR count). The van der Waals surface area contributed by atoms with Gasteiger partial charge in [-0.05, 0) is 18.1 Å². The van der Waals surface area contributed by atoms with Crippen LogP contribution in [0.5, 0.6) is 0 Å². The highest BCUT2D eigenvalue weighted by Crippen LogP contribution is 2.33. The molecule has 0 atom stereocenters. The van der Waals surface area contributed by atoms with E-state index < -0.39 is 15.9 Å². The first-order valence-electron chi connectivity index (χ1n) is 5.29. The highest BCUT2D eigenvalue weighted by atomic mass is 35.5. The van der Waals surface area contributed by atoms with Crippen molar-refractivity contribution in [1.82, 2.24) is 4.31 Å². The topological polar surface area (TPSA) is 54.5 Å². The maximum atomic E-state index is 12.0. The van der Waals surface area contributed by atoms with E-state index in [4.69, 9.17) is 11.6 Å². The van der Waals surface area contributed by atoms with E-state index in [0.717, 1.165) is 12.0 Å². The number of carbonyl (C=O) groups excluding carboxylic acids is 1. The number of fused-ring (bicyclic) bond motifs is 1. The molecule has 1 aliphatic rings. The van der Waals surface area contributed by atoms with Crippen molar-refractivity contribution in [2.24, 2.45) is 0 Å². The van der Waals surface area contributed by atoms with Crippen LogP contribution in [0.2, 0.25) is 0 Å². The zero-order valence-electron chi connectivity index (χ0n) is 9.31. The predicted molar refractivity (Wildman–Crippen MR) is 64.5 cm³/mol. The fraction of sp³-hybridized carbons (Fsp3) is 0.364. The normalized spacial score (nSPS) is 17.3. The van der Waals surface area contributed by atoms with E-state index in [1.165, 1.54) is 6.07 Å². The lowest BCUT2D eigenvalue weighted by atomic mass is 10.0. The Hall–Kier alpha value is -1.07. The van der Waals surface area contributed by atoms with Crippen molar-refractivity contribution in [3.63, 3.8) is 0 Å². The number of sulfonamides is 1. The van der Waals surface area contributed by atoms with Gasteiger partial charge in [-0.2, -0.15) is 0 Å². The number of alkyl halides is 1. The van der Waals surface area contributed by atoms with E-state index in [1.54, 1.807) is 12.1 Å². The van der Waals surface area contributed by atoms with Gasteiger partial charge < -0.3 is 0 Å². The molecule has 0 N–H and O–H groups in total. The van der Waals surface area contributed by atoms with Gasteiger partial charge in [-0.3, -0.25) is 4.79 Å². The molecule has 4 nitrogen and oxygen atoms in total. The average Bonchev–Trinajstić information content (AvgIpc) is 2.48. The highest BCUT2D eigenvalue weighted by Gasteiger charge is 2.41. The van der Waals surface area contributed by atoms with Crippen LogP contribution in [0.15, 0.2) is 23.1 Å². The first-order valence-corrected chi connectivity index (χ1v) is 7.26. The number of carbonyl (C=O) groups is 1. The van der Waals surface area contributed by atoms with E-state index >= 15 is 0 Å². The molecular weight excluding hydrogens is 262 g/mol. The van der Waals surface area contributed by atoms with Crippen LogP contribution in [0.4, 0.5) is 0 Å². The van der Waals surface area contributed by atoms with Crippen molar-refractivity contribution >= 4 is 27.5 Å². The minimum Gasteiger partial charge on any atom is -0.268 e. The third-order valence-electron chi connectivity index (χ3n) is 2.75. The summed E-state index contributed by atoms with van der Waals surface area (Å²) in [6.07, 6.45) is 1.53. The van der Waals surface area contributed by atoms with Crippen LogP contribution in [-0.4, -0.2) is 24.6 Å². The summed E-state index contributed by atoms with van der Waals surface area (Å²) in [5, 5.41) is 0. The van der Waals surface area contributed by atoms with E-state index in [9.17, 15) is 13.2 Å². The molecule has 0 fully saturated rings. The summed E-state index contributed by atoms with van der Waals surface area (Å²) in [4.78, 5) is 12.1. The van der Waals surface area contributed by atoms with Gasteiger partial charge in [-0.1, -0.05) is 25.5 Å². The fourth-order valence-electron chi connectivity index (χ4n) is 1.98. The predicted octanol–water partition coefficient (Wildman–Crippen LogP) is 1.98. The monoisotopic (exact) mass is 273 g/mol. The van der Waals surface area contributed by atoms with E-state index in [2.05, 4.69) is 0 Å². The standard InChI is InChI=1S/C11H12ClNO3S/c1-2-4-8-5-3-6-9-10(8)11(14)13(7-12)17(9,15)16/h3,5-6H,2,4,7H2,1H3. The summed E-state index contributed by atoms with van der Waals surface area (Å²) >= 11 is 5.53. The van der Waals surface area contributed by atoms with Crippen molar-refractivity contribution < 1.29 is 13.2 Å². The quantitative estimate of drug-likeness (QED) is 0.625. The molecule has 1 aromatic carbocycles. The highest BCUT2D eigenvalue weighted by molar-refractivity contribution is 7.90. The molecule has 0 bridgehead atoms. The zero-order chi connectivity index (χ0) is 12.6. The van der Waals surface area contributed by atoms with Gasteiger partial charge in [-0.25, -0.2) is 12.7 Å². The molecule has 0 aliphatic carbocycles. The second-order valence-corrected chi connectivity index (χ2v) is 5.89. The molecular formula is C11H12ClNO3S. The molecule has 0 saturated carbocycles. The molecule has 92 valence electrons. The molecule has 1 aromatic rings. The Morgan fingerprint density at radius 1 is 1.35 bits per heavy atom. The Bertz CT molecular complexity index is 568. The molecule has 17 heavy (non-hydrogen) atoms. The number of hydrogen-bond acceptors (Lipinski definition) is 3. The second kappa shape index (κ2) is 4.31. The number of aryl methyl sites for hydroxylation is 1. The number of nitrogens with zero attached hydrogens (tertiary/aromatic N) is 1. The Kier molecular flexibility index (Phi) is 3.14. The molecule has 0 unspecified atom stereocenters. The number of rotatable bonds is 3. The lowest BCUT2D eigenvalue weighted by Gasteiger charge is -2.09. The maximum Gasteiger partial charge on any atom is 0.270 e. The summed E-state index contributed by atoms with van der Waals surface area (Å²) in [6, 6.07) is 4.55. The molecule has 0 spiro atoms. The van der Waals surface area contributed by atoms with Gasteiger partial charge in [0.1, 0.15) is 10.9 Å². The maximum absolute atomic E-state index is 12.0. The van der Waals surface area contributed by atoms with Gasteiger partial charge in [0.15, 0.2) is 0 Å². The molecule has 0 aromatic heterocycles. The molecule has 1 aliphatic heterocycles. The van der Waals surface area contributed by atoms with Gasteiger partial charge in [0.2, 0.25) is 0 Å². The average molecular weight is 274 g/mol. The van der Waals surface area contributed by atoms with Gasteiger partial charge in [-0.15, -0.1) is 11.6 Å². The SMILES string of the molecule is CCCc1cccc2c1C(=O)N(CCl)S2(=O)=O. The third kappa shape index (κ3) is 1.73. The Labute approximate surface area is 105 Å². The molecule has 1 amide bonds. The van der Waals surface area contributed by atoms with E-state index in [-0.39, 0.29) is 16.5 Å². The van der Waals surface area contributed by atoms with Crippen LogP contribution in [-0.2, 0) is 16.4 Å². The summed E-state index contributed by atoms with van der Waals surface area (Å²) in [5.74, 6) is -0.515. The Morgan fingerprint density at radius 2 is 2.06 bits per heavy atom. The van der Waals surface area contributed by atoms with Crippen molar-refractivity contribution in [3.05, 3.63) is 29.3 Å². The summed E-state index contributed by atoms with van der Waals surface area (Å²) in [7, 11) is -3.73. The van der Waals surface area contributed by atoms with Crippen LogP contribution in [0.25, 0.3) is 0 Å². The summed E-state index contributed by atoms with van der Waals surface area (Å²) in [5.41, 5.74) is 1.06. The van der Waals surface area contributed by atoms with E-state index in [1.807, 2.05) is 6.92 Å². The van der Waals surface area contributed by atoms with E-state index in [0.29, 0.717) is 10.7 Å². The lowest BCUT2D eigenvalue weighted by Crippen LogP contribution is -2.28. The zero-order valence-corrected chi connectivity index (χ0v) is 10.9. The second-order valence-electron chi connectivity index (χ2n) is 3.82. The van der Waals surface area contributed by atoms with Gasteiger partial charge in [0.25, 0.3) is 15.9 Å². The van der Waals surface area contributed by atoms with Gasteiger partial charge in [0.05, 0.1) is 5.56 Å². The number of halogens is 1. The fourth-order valence-corrected chi connectivity index (χ4v) is 3.88. The Morgan fingerprint density at radius 3 is 2.65 bits per heavy atom. The smallest absolute Gasteiger partial charge is 0.268 e. The van der Waals surface area contributed by atoms with Crippen molar-refractivity contribution in [1.29, 1.82) is 0 Å². The summed E-state index contributed by atoms with van der Waals surface area (Å²) in [6.45, 7) is 1.98. The van der Waals surface area contributed by atoms with Crippen molar-refractivity contribution in [2.75, 3.05) is 6.00 Å². The van der Waals surface area contributed by atoms with Crippen molar-refractivity contribution in [2.45, 2.75) is 24.7 Å². The minimum atomic E-state index is -3.73. The van der Waals surface area contributed by atoms with Crippen LogP contribution >= 0.6 is 11.6 Å². The first-order chi connectivity index (χ1) is 8.04. The van der Waals surface area contributed by atoms with Crippen LogP contribution < -0.4 is 0 Å². The van der Waals surface area contributed by atoms with Crippen LogP contribution in [0, 0.1) is 0 Å². The minimum absolute atomic E-state index is 0.0779. The van der Waals surface area contributed by atoms with Gasteiger partial charge in [0, 0.05) is 0 Å². The van der Waals surface area contributed by atoms with Crippen molar-refractivity contribution in [3.8, 4) is 0 Å². The lowest BCUT2D eigenvalue weighted by molar-refractivity contribution is 0.0885. The van der Waals surface area contributed by atoms with Crippen LogP contribution in [0.3, 0.4) is 0 Å². The molecule has 6 heteroatoms. The number of hydrogen-bond donors (Lipinski definition) is 0. The summed E-state index contributed by atoms with van der Waals surface area (Å²) < 4.78 is 24.7. The Balaban J connectivity index is 2.68. The number of benzene rings is 1. The third-order valence-corrected chi connectivity index (χ3v) is 4.90.